The van der Waals surface area contributed by atoms with Crippen molar-refractivity contribution in [3.63, 3.8) is 0 Å². The third-order valence-electron chi connectivity index (χ3n) is 5.40. The van der Waals surface area contributed by atoms with Crippen molar-refractivity contribution in [3.05, 3.63) is 55.0 Å². The molecule has 5 rings (SSSR count). The van der Waals surface area contributed by atoms with Gasteiger partial charge in [0.15, 0.2) is 0 Å². The minimum atomic E-state index is 0.366. The molecule has 0 aliphatic carbocycles. The van der Waals surface area contributed by atoms with Gasteiger partial charge >= 0.3 is 0 Å². The van der Waals surface area contributed by atoms with Gasteiger partial charge in [-0.15, -0.1) is 0 Å². The Morgan fingerprint density at radius 3 is 2.77 bits per heavy atom. The molecule has 0 radical (unpaired) electrons. The maximum atomic E-state index is 5.66. The molecule has 0 spiro atoms. The summed E-state index contributed by atoms with van der Waals surface area (Å²) in [4.78, 5) is 15.5. The van der Waals surface area contributed by atoms with Gasteiger partial charge in [0.2, 0.25) is 5.95 Å². The molecule has 2 bridgehead atoms. The van der Waals surface area contributed by atoms with Crippen LogP contribution >= 0.6 is 0 Å². The Kier molecular flexibility index (Phi) is 5.17. The number of morpholine rings is 1. The van der Waals surface area contributed by atoms with Crippen LogP contribution in [0.3, 0.4) is 0 Å². The number of methoxy groups -OCH3 is 1. The molecule has 2 aliphatic heterocycles. The molecule has 2 fully saturated rings. The number of aromatic nitrogens is 3. The molecule has 4 heterocycles. The number of nitrogens with zero attached hydrogens (tertiary/aromatic N) is 4. The van der Waals surface area contributed by atoms with Crippen molar-refractivity contribution in [2.75, 3.05) is 43.6 Å². The van der Waals surface area contributed by atoms with Crippen LogP contribution in [0.5, 0.6) is 5.75 Å². The summed E-state index contributed by atoms with van der Waals surface area (Å²) in [5, 5.41) is 6.90. The van der Waals surface area contributed by atoms with E-state index >= 15 is 0 Å². The first-order chi connectivity index (χ1) is 14.8. The fraction of sp³-hybridized carbons (Fsp3) is 0.318. The monoisotopic (exact) mass is 404 g/mol. The number of benzene rings is 1. The van der Waals surface area contributed by atoms with E-state index in [1.807, 2.05) is 24.3 Å². The second-order valence-electron chi connectivity index (χ2n) is 7.52. The van der Waals surface area contributed by atoms with E-state index in [1.54, 1.807) is 25.7 Å². The Morgan fingerprint density at radius 1 is 1.13 bits per heavy atom. The Morgan fingerprint density at radius 2 is 2.00 bits per heavy atom. The fourth-order valence-electron chi connectivity index (χ4n) is 4.00. The first kappa shape index (κ1) is 18.8. The average Bonchev–Trinajstić information content (AvgIpc) is 2.80. The van der Waals surface area contributed by atoms with E-state index in [1.165, 1.54) is 0 Å². The topological polar surface area (TPSA) is 84.4 Å². The van der Waals surface area contributed by atoms with Gasteiger partial charge in [-0.25, -0.2) is 9.97 Å². The third kappa shape index (κ3) is 3.92. The molecule has 8 heteroatoms. The molecule has 2 unspecified atom stereocenters. The van der Waals surface area contributed by atoms with Crippen LogP contribution in [0.25, 0.3) is 11.3 Å². The summed E-state index contributed by atoms with van der Waals surface area (Å²) in [5.74, 6) is 1.26. The van der Waals surface area contributed by atoms with Crippen molar-refractivity contribution in [2.24, 2.45) is 0 Å². The third-order valence-corrected chi connectivity index (χ3v) is 5.40. The van der Waals surface area contributed by atoms with Crippen LogP contribution in [-0.4, -0.2) is 60.4 Å². The zero-order valence-electron chi connectivity index (χ0n) is 16.8. The molecule has 154 valence electrons. The van der Waals surface area contributed by atoms with E-state index in [0.717, 1.165) is 54.7 Å². The normalized spacial score (nSPS) is 20.6. The van der Waals surface area contributed by atoms with Crippen molar-refractivity contribution in [1.29, 1.82) is 0 Å². The van der Waals surface area contributed by atoms with Crippen LogP contribution < -0.4 is 20.3 Å². The first-order valence-corrected chi connectivity index (χ1v) is 10.1. The highest BCUT2D eigenvalue weighted by molar-refractivity contribution is 5.69. The number of hydrogen-bond donors (Lipinski definition) is 2. The van der Waals surface area contributed by atoms with E-state index in [-0.39, 0.29) is 0 Å². The molecule has 2 N–H and O–H groups in total. The lowest BCUT2D eigenvalue weighted by molar-refractivity contribution is 0.0376. The zero-order valence-corrected chi connectivity index (χ0v) is 16.8. The molecule has 8 nitrogen and oxygen atoms in total. The van der Waals surface area contributed by atoms with E-state index in [2.05, 4.69) is 42.6 Å². The molecule has 2 aliphatic rings. The summed E-state index contributed by atoms with van der Waals surface area (Å²) in [6, 6.07) is 12.7. The van der Waals surface area contributed by atoms with Crippen LogP contribution in [0.1, 0.15) is 0 Å². The van der Waals surface area contributed by atoms with Crippen LogP contribution in [0, 0.1) is 0 Å². The quantitative estimate of drug-likeness (QED) is 0.671. The lowest BCUT2D eigenvalue weighted by Gasteiger charge is -2.43. The molecule has 1 aromatic carbocycles. The number of rotatable bonds is 5. The molecule has 30 heavy (non-hydrogen) atoms. The summed E-state index contributed by atoms with van der Waals surface area (Å²) < 4.78 is 11.3. The van der Waals surface area contributed by atoms with Crippen LogP contribution in [0.2, 0.25) is 0 Å². The Hall–Kier alpha value is -3.23. The number of hydrogen-bond acceptors (Lipinski definition) is 8. The predicted octanol–water partition coefficient (Wildman–Crippen LogP) is 2.47. The summed E-state index contributed by atoms with van der Waals surface area (Å²) in [6.45, 7) is 3.36. The van der Waals surface area contributed by atoms with Gasteiger partial charge in [-0.2, -0.15) is 0 Å². The molecule has 0 saturated carbocycles. The fourth-order valence-corrected chi connectivity index (χ4v) is 4.00. The van der Waals surface area contributed by atoms with Crippen molar-refractivity contribution in [1.82, 2.24) is 20.3 Å². The summed E-state index contributed by atoms with van der Waals surface area (Å²) in [7, 11) is 1.68. The molecule has 2 atom stereocenters. The molecular formula is C22H24N6O2. The van der Waals surface area contributed by atoms with Crippen molar-refractivity contribution in [2.45, 2.75) is 12.1 Å². The van der Waals surface area contributed by atoms with Crippen LogP contribution in [0.4, 0.5) is 17.3 Å². The van der Waals surface area contributed by atoms with Crippen molar-refractivity contribution >= 4 is 17.3 Å². The average molecular weight is 404 g/mol. The van der Waals surface area contributed by atoms with E-state index in [9.17, 15) is 0 Å². The maximum absolute atomic E-state index is 5.66. The smallest absolute Gasteiger partial charge is 0.227 e. The predicted molar refractivity (Wildman–Crippen MR) is 115 cm³/mol. The number of ether oxygens (including phenoxy) is 2. The summed E-state index contributed by atoms with van der Waals surface area (Å²) >= 11 is 0. The second kappa shape index (κ2) is 8.25. The Balaban J connectivity index is 1.37. The second-order valence-corrected chi connectivity index (χ2v) is 7.52. The molecule has 2 saturated heterocycles. The van der Waals surface area contributed by atoms with Crippen molar-refractivity contribution in [3.8, 4) is 17.0 Å². The van der Waals surface area contributed by atoms with Gasteiger partial charge in [-0.1, -0.05) is 0 Å². The largest absolute Gasteiger partial charge is 0.494 e. The standard InChI is InChI=1S/C22H24N6O2/c1-29-21-9-18(28-11-16-13-30-14-17(12-28)25-16)4-5-20(21)27-22-24-8-6-19(26-22)15-3-2-7-23-10-15/h2-10,16-17,25H,11-14H2,1H3,(H,24,26,27). The number of piperazine rings is 1. The number of anilines is 3. The van der Waals surface area contributed by atoms with Crippen LogP contribution in [-0.2, 0) is 4.74 Å². The highest BCUT2D eigenvalue weighted by Gasteiger charge is 2.30. The lowest BCUT2D eigenvalue weighted by Crippen LogP contribution is -2.62. The van der Waals surface area contributed by atoms with Gasteiger partial charge in [0.1, 0.15) is 5.75 Å². The van der Waals surface area contributed by atoms with Gasteiger partial charge in [0.05, 0.1) is 31.7 Å². The van der Waals surface area contributed by atoms with E-state index < -0.39 is 0 Å². The molecule has 2 aromatic heterocycles. The van der Waals surface area contributed by atoms with Gasteiger partial charge < -0.3 is 25.0 Å². The molecule has 3 aromatic rings. The minimum absolute atomic E-state index is 0.366. The first-order valence-electron chi connectivity index (χ1n) is 10.1. The highest BCUT2D eigenvalue weighted by atomic mass is 16.5. The Labute approximate surface area is 175 Å². The van der Waals surface area contributed by atoms with Crippen molar-refractivity contribution < 1.29 is 9.47 Å². The van der Waals surface area contributed by atoms with E-state index in [4.69, 9.17) is 9.47 Å². The lowest BCUT2D eigenvalue weighted by atomic mass is 10.1. The van der Waals surface area contributed by atoms with Gasteiger partial charge in [0.25, 0.3) is 0 Å². The van der Waals surface area contributed by atoms with Gasteiger partial charge in [-0.05, 0) is 30.3 Å². The summed E-state index contributed by atoms with van der Waals surface area (Å²) in [6.07, 6.45) is 5.27. The number of pyridine rings is 1. The number of fused-ring (bicyclic) bond motifs is 2. The molecule has 0 amide bonds. The minimum Gasteiger partial charge on any atom is -0.494 e. The summed E-state index contributed by atoms with van der Waals surface area (Å²) in [5.41, 5.74) is 3.72. The SMILES string of the molecule is COc1cc(N2CC3COCC(C2)N3)ccc1Nc1nccc(-c2cccnc2)n1. The Bertz CT molecular complexity index is 1000. The maximum Gasteiger partial charge on any atom is 0.227 e. The van der Waals surface area contributed by atoms with Gasteiger partial charge in [0, 0.05) is 61.1 Å². The van der Waals surface area contributed by atoms with Crippen LogP contribution in [0.15, 0.2) is 55.0 Å². The van der Waals surface area contributed by atoms with Gasteiger partial charge in [-0.3, -0.25) is 4.98 Å². The highest BCUT2D eigenvalue weighted by Crippen LogP contribution is 2.32. The van der Waals surface area contributed by atoms with E-state index in [0.29, 0.717) is 18.0 Å². The zero-order chi connectivity index (χ0) is 20.3. The number of nitrogens with one attached hydrogen (secondary N) is 2. The molecular weight excluding hydrogens is 380 g/mol.